The van der Waals surface area contributed by atoms with Crippen molar-refractivity contribution in [1.29, 1.82) is 0 Å². The number of hydrogen-bond acceptors (Lipinski definition) is 7. The summed E-state index contributed by atoms with van der Waals surface area (Å²) in [7, 11) is 0. The smallest absolute Gasteiger partial charge is 0.189 e. The molecule has 0 fully saturated rings. The molecule has 3 N–H and O–H groups in total. The summed E-state index contributed by atoms with van der Waals surface area (Å²) in [6.07, 6.45) is 2.79. The second-order valence-electron chi connectivity index (χ2n) is 7.68. The van der Waals surface area contributed by atoms with Crippen LogP contribution in [0.1, 0.15) is 25.8 Å². The number of aromatic nitrogens is 3. The molecule has 0 aliphatic heterocycles. The van der Waals surface area contributed by atoms with Gasteiger partial charge in [-0.05, 0) is 24.1 Å². The van der Waals surface area contributed by atoms with Crippen molar-refractivity contribution in [1.82, 2.24) is 20.4 Å². The quantitative estimate of drug-likeness (QED) is 0.234. The van der Waals surface area contributed by atoms with Crippen LogP contribution in [0.25, 0.3) is 34.0 Å². The zero-order valence-electron chi connectivity index (χ0n) is 18.6. The molecule has 0 aliphatic carbocycles. The summed E-state index contributed by atoms with van der Waals surface area (Å²) in [6.45, 7) is 4.32. The number of rotatable bonds is 9. The van der Waals surface area contributed by atoms with Crippen LogP contribution in [0.4, 0.5) is 10.2 Å². The van der Waals surface area contributed by atoms with E-state index in [1.807, 2.05) is 48.2 Å². The van der Waals surface area contributed by atoms with E-state index in [0.717, 1.165) is 23.1 Å². The van der Waals surface area contributed by atoms with Crippen LogP contribution >= 0.6 is 11.8 Å². The zero-order chi connectivity index (χ0) is 23.2. The molecule has 0 aliphatic rings. The molecular formula is C25H26FN5OS. The van der Waals surface area contributed by atoms with E-state index in [1.165, 1.54) is 4.90 Å². The summed E-state index contributed by atoms with van der Waals surface area (Å²) in [5.41, 5.74) is 10.7. The first-order chi connectivity index (χ1) is 16.1. The van der Waals surface area contributed by atoms with Gasteiger partial charge in [0.15, 0.2) is 17.3 Å². The molecule has 1 atom stereocenters. The lowest BCUT2D eigenvalue weighted by molar-refractivity contribution is 0.424. The van der Waals surface area contributed by atoms with E-state index in [-0.39, 0.29) is 5.82 Å². The number of alkyl halides is 1. The highest BCUT2D eigenvalue weighted by molar-refractivity contribution is 7.99. The highest BCUT2D eigenvalue weighted by Gasteiger charge is 2.15. The standard InChI is InChI=1S/C25H26FN5OS/c1-3-16(2)33-20-10-8-19(9-11-20)22-14-29-25(27)24(30-22)23-12-21(31-32-23)18-6-4-17(5-7-18)13-28-15-26/h4-12,14,16,28H,3,13,15H2,1-2H3,(H2,27,29). The number of thioether (sulfide) groups is 1. The molecule has 0 amide bonds. The Morgan fingerprint density at radius 3 is 2.45 bits per heavy atom. The lowest BCUT2D eigenvalue weighted by Crippen LogP contribution is -2.10. The zero-order valence-corrected chi connectivity index (χ0v) is 19.4. The van der Waals surface area contributed by atoms with Crippen LogP contribution in [0.5, 0.6) is 0 Å². The van der Waals surface area contributed by atoms with Gasteiger partial charge in [0.1, 0.15) is 12.5 Å². The maximum absolute atomic E-state index is 12.3. The molecule has 170 valence electrons. The summed E-state index contributed by atoms with van der Waals surface area (Å²) < 4.78 is 17.8. The maximum atomic E-state index is 12.3. The fraction of sp³-hybridized carbons (Fsp3) is 0.240. The van der Waals surface area contributed by atoms with E-state index < -0.39 is 6.80 Å². The molecule has 2 heterocycles. The molecule has 0 spiro atoms. The van der Waals surface area contributed by atoms with E-state index >= 15 is 0 Å². The van der Waals surface area contributed by atoms with E-state index in [9.17, 15) is 4.39 Å². The van der Waals surface area contributed by atoms with Gasteiger partial charge < -0.3 is 10.3 Å². The van der Waals surface area contributed by atoms with E-state index in [1.54, 1.807) is 12.3 Å². The van der Waals surface area contributed by atoms with Crippen molar-refractivity contribution < 1.29 is 8.91 Å². The van der Waals surface area contributed by atoms with Crippen LogP contribution in [0.2, 0.25) is 0 Å². The monoisotopic (exact) mass is 463 g/mol. The number of halogens is 1. The summed E-state index contributed by atoms with van der Waals surface area (Å²) >= 11 is 1.86. The molecule has 33 heavy (non-hydrogen) atoms. The highest BCUT2D eigenvalue weighted by atomic mass is 32.2. The van der Waals surface area contributed by atoms with Gasteiger partial charge in [0.25, 0.3) is 0 Å². The van der Waals surface area contributed by atoms with Gasteiger partial charge in [-0.2, -0.15) is 0 Å². The SMILES string of the molecule is CCC(C)Sc1ccc(-c2cnc(N)c(-c3cc(-c4ccc(CNCF)cc4)no3)n2)cc1. The van der Waals surface area contributed by atoms with Gasteiger partial charge in [0.2, 0.25) is 0 Å². The molecule has 2 aromatic carbocycles. The molecule has 1 unspecified atom stereocenters. The predicted molar refractivity (Wildman–Crippen MR) is 131 cm³/mol. The van der Waals surface area contributed by atoms with Crippen molar-refractivity contribution in [2.24, 2.45) is 0 Å². The molecule has 0 saturated carbocycles. The molecule has 4 rings (SSSR count). The van der Waals surface area contributed by atoms with Gasteiger partial charge in [0.05, 0.1) is 11.9 Å². The van der Waals surface area contributed by atoms with Gasteiger partial charge in [-0.1, -0.05) is 55.4 Å². The molecule has 2 aromatic heterocycles. The summed E-state index contributed by atoms with van der Waals surface area (Å²) in [5, 5.41) is 7.40. The largest absolute Gasteiger partial charge is 0.382 e. The molecule has 0 saturated heterocycles. The third kappa shape index (κ3) is 5.58. The minimum absolute atomic E-state index is 0.276. The van der Waals surface area contributed by atoms with E-state index in [2.05, 4.69) is 41.4 Å². The molecule has 0 bridgehead atoms. The third-order valence-electron chi connectivity index (χ3n) is 5.28. The van der Waals surface area contributed by atoms with Crippen LogP contribution in [-0.2, 0) is 6.54 Å². The Balaban J connectivity index is 1.55. The van der Waals surface area contributed by atoms with Crippen molar-refractivity contribution in [2.75, 3.05) is 12.5 Å². The second-order valence-corrected chi connectivity index (χ2v) is 9.20. The minimum Gasteiger partial charge on any atom is -0.382 e. The van der Waals surface area contributed by atoms with Crippen LogP contribution in [-0.4, -0.2) is 27.2 Å². The average Bonchev–Trinajstić information content (AvgIpc) is 3.34. The Morgan fingerprint density at radius 2 is 1.76 bits per heavy atom. The summed E-state index contributed by atoms with van der Waals surface area (Å²) in [6, 6.07) is 17.8. The molecule has 8 heteroatoms. The van der Waals surface area contributed by atoms with Crippen LogP contribution in [0, 0.1) is 0 Å². The van der Waals surface area contributed by atoms with Gasteiger partial charge in [-0.3, -0.25) is 5.32 Å². The first-order valence-electron chi connectivity index (χ1n) is 10.8. The topological polar surface area (TPSA) is 89.9 Å². The molecular weight excluding hydrogens is 437 g/mol. The van der Waals surface area contributed by atoms with Crippen molar-refractivity contribution in [3.05, 3.63) is 66.4 Å². The summed E-state index contributed by atoms with van der Waals surface area (Å²) in [4.78, 5) is 10.3. The Kier molecular flexibility index (Phi) is 7.36. The fourth-order valence-electron chi connectivity index (χ4n) is 3.25. The number of hydrogen-bond donors (Lipinski definition) is 2. The second kappa shape index (κ2) is 10.6. The number of nitrogen functional groups attached to an aromatic ring is 1. The lowest BCUT2D eigenvalue weighted by Gasteiger charge is -2.09. The van der Waals surface area contributed by atoms with Crippen molar-refractivity contribution in [3.8, 4) is 34.0 Å². The first-order valence-corrected chi connectivity index (χ1v) is 11.7. The van der Waals surface area contributed by atoms with Gasteiger partial charge in [-0.25, -0.2) is 14.4 Å². The van der Waals surface area contributed by atoms with Gasteiger partial charge >= 0.3 is 0 Å². The number of nitrogens with two attached hydrogens (primary N) is 1. The summed E-state index contributed by atoms with van der Waals surface area (Å²) in [5.74, 6) is 0.724. The first kappa shape index (κ1) is 22.9. The maximum Gasteiger partial charge on any atom is 0.189 e. The molecule has 4 aromatic rings. The molecule has 0 radical (unpaired) electrons. The normalized spacial score (nSPS) is 12.1. The Morgan fingerprint density at radius 1 is 1.06 bits per heavy atom. The van der Waals surface area contributed by atoms with Gasteiger partial charge in [-0.15, -0.1) is 11.8 Å². The van der Waals surface area contributed by atoms with Crippen molar-refractivity contribution in [3.63, 3.8) is 0 Å². The Bertz CT molecular complexity index is 1190. The van der Waals surface area contributed by atoms with E-state index in [4.69, 9.17) is 15.2 Å². The Labute approximate surface area is 196 Å². The van der Waals surface area contributed by atoms with E-state index in [0.29, 0.717) is 34.6 Å². The third-order valence-corrected chi connectivity index (χ3v) is 6.56. The van der Waals surface area contributed by atoms with Crippen LogP contribution in [0.3, 0.4) is 0 Å². The van der Waals surface area contributed by atoms with Crippen LogP contribution in [0.15, 0.2) is 70.2 Å². The van der Waals surface area contributed by atoms with Crippen LogP contribution < -0.4 is 11.1 Å². The highest BCUT2D eigenvalue weighted by Crippen LogP contribution is 2.31. The number of nitrogens with zero attached hydrogens (tertiary/aromatic N) is 3. The van der Waals surface area contributed by atoms with Crippen molar-refractivity contribution in [2.45, 2.75) is 37.0 Å². The number of benzene rings is 2. The Hall–Kier alpha value is -3.23. The lowest BCUT2D eigenvalue weighted by atomic mass is 10.1. The fourth-order valence-corrected chi connectivity index (χ4v) is 4.17. The number of anilines is 1. The van der Waals surface area contributed by atoms with Gasteiger partial charge in [0, 0.05) is 33.9 Å². The van der Waals surface area contributed by atoms with Crippen molar-refractivity contribution >= 4 is 17.6 Å². The molecule has 6 nitrogen and oxygen atoms in total. The average molecular weight is 464 g/mol. The minimum atomic E-state index is -0.558. The number of nitrogens with one attached hydrogen (secondary N) is 1. The predicted octanol–water partition coefficient (Wildman–Crippen LogP) is 5.96.